The molecule has 0 saturated heterocycles. The number of rotatable bonds is 1. The molecule has 0 unspecified atom stereocenters. The van der Waals surface area contributed by atoms with Crippen molar-refractivity contribution in [1.29, 1.82) is 5.26 Å². The Balaban J connectivity index is 2.15. The maximum Gasteiger partial charge on any atom is 0.0991 e. The van der Waals surface area contributed by atoms with Crippen LogP contribution >= 0.6 is 0 Å². The molecule has 0 saturated carbocycles. The zero-order valence-electron chi connectivity index (χ0n) is 11.0. The standard InChI is InChI=1S/C17H16N2/c1-12-9-13(10-18)5-6-15(12)16-4-2-3-14-7-8-19-11-17(14)16/h2-6,9,19H,7-8,11H2,1H3. The van der Waals surface area contributed by atoms with Gasteiger partial charge in [0, 0.05) is 6.54 Å². The number of hydrogen-bond acceptors (Lipinski definition) is 2. The normalized spacial score (nSPS) is 13.7. The molecule has 1 aliphatic heterocycles. The van der Waals surface area contributed by atoms with Crippen LogP contribution in [0.1, 0.15) is 22.3 Å². The van der Waals surface area contributed by atoms with Crippen molar-refractivity contribution >= 4 is 0 Å². The first-order chi connectivity index (χ1) is 9.29. The number of fused-ring (bicyclic) bond motifs is 1. The summed E-state index contributed by atoms with van der Waals surface area (Å²) in [6.07, 6.45) is 1.10. The molecule has 1 N–H and O–H groups in total. The van der Waals surface area contributed by atoms with Crippen LogP contribution in [0, 0.1) is 18.3 Å². The Labute approximate surface area is 113 Å². The van der Waals surface area contributed by atoms with Gasteiger partial charge in [-0.05, 0) is 59.8 Å². The van der Waals surface area contributed by atoms with E-state index < -0.39 is 0 Å². The van der Waals surface area contributed by atoms with Crippen molar-refractivity contribution < 1.29 is 0 Å². The molecule has 2 aromatic carbocycles. The van der Waals surface area contributed by atoms with Crippen LogP contribution in [0.3, 0.4) is 0 Å². The summed E-state index contributed by atoms with van der Waals surface area (Å²) in [6.45, 7) is 4.07. The van der Waals surface area contributed by atoms with Crippen LogP contribution in [0.15, 0.2) is 36.4 Å². The average molecular weight is 248 g/mol. The first-order valence-corrected chi connectivity index (χ1v) is 6.62. The van der Waals surface area contributed by atoms with Crippen molar-refractivity contribution in [3.63, 3.8) is 0 Å². The van der Waals surface area contributed by atoms with Gasteiger partial charge in [-0.15, -0.1) is 0 Å². The smallest absolute Gasteiger partial charge is 0.0991 e. The minimum absolute atomic E-state index is 0.726. The lowest BCUT2D eigenvalue weighted by molar-refractivity contribution is 0.645. The van der Waals surface area contributed by atoms with Gasteiger partial charge in [0.2, 0.25) is 0 Å². The molecule has 3 rings (SSSR count). The van der Waals surface area contributed by atoms with E-state index in [0.29, 0.717) is 0 Å². The third-order valence-electron chi connectivity index (χ3n) is 3.79. The molecule has 0 radical (unpaired) electrons. The highest BCUT2D eigenvalue weighted by Crippen LogP contribution is 2.30. The Hall–Kier alpha value is -2.11. The molecule has 0 amide bonds. The van der Waals surface area contributed by atoms with E-state index in [1.165, 1.54) is 22.3 Å². The highest BCUT2D eigenvalue weighted by molar-refractivity contribution is 5.72. The van der Waals surface area contributed by atoms with Gasteiger partial charge >= 0.3 is 0 Å². The fourth-order valence-corrected chi connectivity index (χ4v) is 2.80. The summed E-state index contributed by atoms with van der Waals surface area (Å²) < 4.78 is 0. The van der Waals surface area contributed by atoms with Gasteiger partial charge in [-0.2, -0.15) is 5.26 Å². The second-order valence-electron chi connectivity index (χ2n) is 5.01. The van der Waals surface area contributed by atoms with E-state index in [-0.39, 0.29) is 0 Å². The molecule has 19 heavy (non-hydrogen) atoms. The molecule has 0 aromatic heterocycles. The van der Waals surface area contributed by atoms with Crippen LogP contribution < -0.4 is 5.32 Å². The SMILES string of the molecule is Cc1cc(C#N)ccc1-c1cccc2c1CNCC2. The van der Waals surface area contributed by atoms with E-state index in [0.717, 1.165) is 30.6 Å². The summed E-state index contributed by atoms with van der Waals surface area (Å²) in [5.41, 5.74) is 7.27. The van der Waals surface area contributed by atoms with E-state index >= 15 is 0 Å². The maximum absolute atomic E-state index is 8.96. The van der Waals surface area contributed by atoms with Gasteiger partial charge < -0.3 is 5.32 Å². The van der Waals surface area contributed by atoms with Gasteiger partial charge in [0.25, 0.3) is 0 Å². The largest absolute Gasteiger partial charge is 0.312 e. The highest BCUT2D eigenvalue weighted by atomic mass is 14.9. The molecular formula is C17H16N2. The first-order valence-electron chi connectivity index (χ1n) is 6.62. The van der Waals surface area contributed by atoms with E-state index in [4.69, 9.17) is 5.26 Å². The molecule has 0 atom stereocenters. The molecule has 0 bridgehead atoms. The van der Waals surface area contributed by atoms with Crippen LogP contribution in [0.2, 0.25) is 0 Å². The summed E-state index contributed by atoms with van der Waals surface area (Å²) in [5.74, 6) is 0. The van der Waals surface area contributed by atoms with Gasteiger partial charge in [-0.1, -0.05) is 24.3 Å². The molecular weight excluding hydrogens is 232 g/mol. The van der Waals surface area contributed by atoms with Gasteiger partial charge in [0.05, 0.1) is 11.6 Å². The van der Waals surface area contributed by atoms with Crippen LogP contribution in [-0.4, -0.2) is 6.54 Å². The van der Waals surface area contributed by atoms with Gasteiger partial charge in [0.15, 0.2) is 0 Å². The summed E-state index contributed by atoms with van der Waals surface area (Å²) in [5, 5.41) is 12.4. The number of nitriles is 1. The average Bonchev–Trinajstić information content (AvgIpc) is 2.46. The summed E-state index contributed by atoms with van der Waals surface area (Å²) >= 11 is 0. The van der Waals surface area contributed by atoms with Crippen molar-refractivity contribution in [2.75, 3.05) is 6.54 Å². The minimum atomic E-state index is 0.726. The molecule has 0 aliphatic carbocycles. The predicted molar refractivity (Wildman–Crippen MR) is 76.7 cm³/mol. The second kappa shape index (κ2) is 4.87. The summed E-state index contributed by atoms with van der Waals surface area (Å²) in [4.78, 5) is 0. The number of nitrogens with zero attached hydrogens (tertiary/aromatic N) is 1. The molecule has 0 fully saturated rings. The van der Waals surface area contributed by atoms with Crippen molar-refractivity contribution in [3.8, 4) is 17.2 Å². The lowest BCUT2D eigenvalue weighted by Crippen LogP contribution is -2.24. The van der Waals surface area contributed by atoms with Gasteiger partial charge in [-0.3, -0.25) is 0 Å². The van der Waals surface area contributed by atoms with E-state index in [2.05, 4.69) is 42.6 Å². The van der Waals surface area contributed by atoms with Crippen molar-refractivity contribution in [2.45, 2.75) is 19.9 Å². The molecule has 1 heterocycles. The van der Waals surface area contributed by atoms with E-state index in [1.54, 1.807) is 0 Å². The Morgan fingerprint density at radius 2 is 2.05 bits per heavy atom. The Kier molecular flexibility index (Phi) is 3.06. The Morgan fingerprint density at radius 3 is 2.84 bits per heavy atom. The number of nitrogens with one attached hydrogen (secondary N) is 1. The molecule has 2 nitrogen and oxygen atoms in total. The molecule has 1 aliphatic rings. The fourth-order valence-electron chi connectivity index (χ4n) is 2.80. The molecule has 0 spiro atoms. The van der Waals surface area contributed by atoms with E-state index in [9.17, 15) is 0 Å². The zero-order valence-corrected chi connectivity index (χ0v) is 11.0. The highest BCUT2D eigenvalue weighted by Gasteiger charge is 2.14. The zero-order chi connectivity index (χ0) is 13.2. The van der Waals surface area contributed by atoms with Crippen LogP contribution in [-0.2, 0) is 13.0 Å². The second-order valence-corrected chi connectivity index (χ2v) is 5.01. The number of benzene rings is 2. The monoisotopic (exact) mass is 248 g/mol. The van der Waals surface area contributed by atoms with Crippen molar-refractivity contribution in [1.82, 2.24) is 5.32 Å². The first kappa shape index (κ1) is 12.0. The maximum atomic E-state index is 8.96. The Bertz CT molecular complexity index is 665. The summed E-state index contributed by atoms with van der Waals surface area (Å²) in [7, 11) is 0. The summed E-state index contributed by atoms with van der Waals surface area (Å²) in [6, 6.07) is 14.7. The fraction of sp³-hybridized carbons (Fsp3) is 0.235. The minimum Gasteiger partial charge on any atom is -0.312 e. The van der Waals surface area contributed by atoms with Crippen LogP contribution in [0.4, 0.5) is 0 Å². The van der Waals surface area contributed by atoms with Crippen LogP contribution in [0.25, 0.3) is 11.1 Å². The van der Waals surface area contributed by atoms with E-state index in [1.807, 2.05) is 12.1 Å². The van der Waals surface area contributed by atoms with Crippen LogP contribution in [0.5, 0.6) is 0 Å². The molecule has 2 aromatic rings. The van der Waals surface area contributed by atoms with Gasteiger partial charge in [-0.25, -0.2) is 0 Å². The van der Waals surface area contributed by atoms with Crippen molar-refractivity contribution in [3.05, 3.63) is 58.7 Å². The predicted octanol–water partition coefficient (Wildman–Crippen LogP) is 3.18. The quantitative estimate of drug-likeness (QED) is 0.841. The molecule has 2 heteroatoms. The lowest BCUT2D eigenvalue weighted by atomic mass is 9.89. The third kappa shape index (κ3) is 2.14. The Morgan fingerprint density at radius 1 is 1.16 bits per heavy atom. The van der Waals surface area contributed by atoms with Gasteiger partial charge in [0.1, 0.15) is 0 Å². The molecule has 94 valence electrons. The topological polar surface area (TPSA) is 35.8 Å². The third-order valence-corrected chi connectivity index (χ3v) is 3.79. The van der Waals surface area contributed by atoms with Crippen molar-refractivity contribution in [2.24, 2.45) is 0 Å². The lowest BCUT2D eigenvalue weighted by Gasteiger charge is -2.21. The number of aryl methyl sites for hydroxylation is 1. The number of hydrogen-bond donors (Lipinski definition) is 1.